The van der Waals surface area contributed by atoms with Crippen molar-refractivity contribution in [2.75, 3.05) is 5.32 Å². The lowest BCUT2D eigenvalue weighted by atomic mass is 10.1. The van der Waals surface area contributed by atoms with Crippen LogP contribution in [0.25, 0.3) is 0 Å². The first-order valence-electron chi connectivity index (χ1n) is 4.27. The summed E-state index contributed by atoms with van der Waals surface area (Å²) in [6.45, 7) is 1.56. The topological polar surface area (TPSA) is 72.2 Å². The van der Waals surface area contributed by atoms with E-state index in [1.807, 2.05) is 0 Å². The molecule has 0 saturated heterocycles. The van der Waals surface area contributed by atoms with Crippen molar-refractivity contribution in [3.63, 3.8) is 0 Å². The number of nitrogens with two attached hydrogens (primary N) is 1. The lowest BCUT2D eigenvalue weighted by molar-refractivity contribution is -0.111. The van der Waals surface area contributed by atoms with Crippen molar-refractivity contribution in [3.05, 3.63) is 29.8 Å². The first kappa shape index (κ1) is 10.8. The van der Waals surface area contributed by atoms with Crippen molar-refractivity contribution in [3.8, 4) is 11.8 Å². The van der Waals surface area contributed by atoms with Gasteiger partial charge in [-0.25, -0.2) is 0 Å². The maximum Gasteiger partial charge on any atom is 0.300 e. The highest BCUT2D eigenvalue weighted by Crippen LogP contribution is 2.13. The van der Waals surface area contributed by atoms with Crippen LogP contribution in [0.4, 0.5) is 5.69 Å². The van der Waals surface area contributed by atoms with Crippen molar-refractivity contribution in [1.29, 1.82) is 0 Å². The summed E-state index contributed by atoms with van der Waals surface area (Å²) in [4.78, 5) is 22.1. The van der Waals surface area contributed by atoms with Crippen LogP contribution in [0.1, 0.15) is 17.3 Å². The molecule has 0 aliphatic carbocycles. The van der Waals surface area contributed by atoms with Gasteiger partial charge in [0.2, 0.25) is 0 Å². The summed E-state index contributed by atoms with van der Waals surface area (Å²) in [5, 5.41) is 2.48. The van der Waals surface area contributed by atoms with Crippen molar-refractivity contribution in [1.82, 2.24) is 0 Å². The zero-order chi connectivity index (χ0) is 11.3. The molecule has 0 bridgehead atoms. The van der Waals surface area contributed by atoms with Gasteiger partial charge in [-0.3, -0.25) is 9.59 Å². The minimum atomic E-state index is -0.588. The largest absolute Gasteiger partial charge is 0.366 e. The number of para-hydroxylation sites is 1. The third-order valence-corrected chi connectivity index (χ3v) is 1.68. The Bertz CT molecular complexity index is 455. The molecule has 0 spiro atoms. The third-order valence-electron chi connectivity index (χ3n) is 1.68. The molecule has 1 aromatic rings. The van der Waals surface area contributed by atoms with E-state index >= 15 is 0 Å². The van der Waals surface area contributed by atoms with E-state index in [0.717, 1.165) is 0 Å². The van der Waals surface area contributed by atoms with Gasteiger partial charge in [-0.1, -0.05) is 18.1 Å². The molecule has 76 valence electrons. The Hall–Kier alpha value is -2.28. The summed E-state index contributed by atoms with van der Waals surface area (Å²) < 4.78 is 0. The van der Waals surface area contributed by atoms with Gasteiger partial charge in [0.05, 0.1) is 11.3 Å². The van der Waals surface area contributed by atoms with E-state index in [4.69, 9.17) is 5.73 Å². The lowest BCUT2D eigenvalue weighted by Crippen LogP contribution is -2.16. The second-order valence-electron chi connectivity index (χ2n) is 2.74. The fraction of sp³-hybridized carbons (Fsp3) is 0.0909. The van der Waals surface area contributed by atoms with Gasteiger partial charge in [0.25, 0.3) is 11.8 Å². The number of hydrogen-bond donors (Lipinski definition) is 2. The highest BCUT2D eigenvalue weighted by molar-refractivity contribution is 6.08. The summed E-state index contributed by atoms with van der Waals surface area (Å²) in [6, 6.07) is 6.50. The minimum absolute atomic E-state index is 0.267. The van der Waals surface area contributed by atoms with Gasteiger partial charge < -0.3 is 11.1 Å². The quantitative estimate of drug-likeness (QED) is 0.694. The Kier molecular flexibility index (Phi) is 3.47. The highest BCUT2D eigenvalue weighted by Gasteiger charge is 2.08. The maximum absolute atomic E-state index is 11.2. The number of carbonyl (C=O) groups is 2. The number of anilines is 1. The molecule has 0 heterocycles. The van der Waals surface area contributed by atoms with Crippen molar-refractivity contribution in [2.45, 2.75) is 6.92 Å². The van der Waals surface area contributed by atoms with E-state index in [9.17, 15) is 9.59 Å². The molecule has 1 aromatic carbocycles. The molecule has 0 unspecified atom stereocenters. The lowest BCUT2D eigenvalue weighted by Gasteiger charge is -2.05. The molecule has 0 fully saturated rings. The van der Waals surface area contributed by atoms with Gasteiger partial charge >= 0.3 is 0 Å². The first-order valence-corrected chi connectivity index (χ1v) is 4.27. The maximum atomic E-state index is 11.2. The zero-order valence-corrected chi connectivity index (χ0v) is 8.20. The Balaban J connectivity index is 2.97. The Morgan fingerprint density at radius 3 is 2.60 bits per heavy atom. The van der Waals surface area contributed by atoms with E-state index in [-0.39, 0.29) is 5.56 Å². The molecular weight excluding hydrogens is 192 g/mol. The van der Waals surface area contributed by atoms with Crippen LogP contribution in [-0.2, 0) is 4.79 Å². The average Bonchev–Trinajstić information content (AvgIpc) is 2.18. The van der Waals surface area contributed by atoms with Gasteiger partial charge in [0.15, 0.2) is 0 Å². The highest BCUT2D eigenvalue weighted by atomic mass is 16.2. The summed E-state index contributed by atoms with van der Waals surface area (Å²) in [5.74, 6) is 3.71. The second kappa shape index (κ2) is 4.82. The zero-order valence-electron chi connectivity index (χ0n) is 8.20. The Morgan fingerprint density at radius 2 is 2.00 bits per heavy atom. The fourth-order valence-electron chi connectivity index (χ4n) is 1.07. The molecule has 1 rings (SSSR count). The second-order valence-corrected chi connectivity index (χ2v) is 2.74. The van der Waals surface area contributed by atoms with Crippen molar-refractivity contribution in [2.24, 2.45) is 5.73 Å². The van der Waals surface area contributed by atoms with Gasteiger partial charge in [-0.15, -0.1) is 0 Å². The molecule has 4 heteroatoms. The van der Waals surface area contributed by atoms with E-state index < -0.39 is 11.8 Å². The van der Waals surface area contributed by atoms with E-state index in [2.05, 4.69) is 17.2 Å². The van der Waals surface area contributed by atoms with Gasteiger partial charge in [0.1, 0.15) is 0 Å². The molecule has 0 aliphatic rings. The number of rotatable bonds is 2. The Labute approximate surface area is 87.5 Å². The molecule has 0 saturated carbocycles. The number of nitrogens with one attached hydrogen (secondary N) is 1. The molecule has 0 atom stereocenters. The summed E-state index contributed by atoms with van der Waals surface area (Å²) in [6.07, 6.45) is 0. The van der Waals surface area contributed by atoms with Gasteiger partial charge in [-0.05, 0) is 25.0 Å². The van der Waals surface area contributed by atoms with Gasteiger partial charge in [0, 0.05) is 0 Å². The van der Waals surface area contributed by atoms with Gasteiger partial charge in [-0.2, -0.15) is 0 Å². The van der Waals surface area contributed by atoms with Crippen LogP contribution in [0, 0.1) is 11.8 Å². The smallest absolute Gasteiger partial charge is 0.300 e. The summed E-state index contributed by atoms with van der Waals surface area (Å²) in [7, 11) is 0. The van der Waals surface area contributed by atoms with Crippen LogP contribution in [-0.4, -0.2) is 11.8 Å². The first-order chi connectivity index (χ1) is 7.15. The van der Waals surface area contributed by atoms with Crippen LogP contribution in [0.5, 0.6) is 0 Å². The van der Waals surface area contributed by atoms with E-state index in [0.29, 0.717) is 5.69 Å². The molecule has 0 aromatic heterocycles. The molecule has 2 amide bonds. The van der Waals surface area contributed by atoms with Crippen LogP contribution in [0.3, 0.4) is 0 Å². The predicted octanol–water partition coefficient (Wildman–Crippen LogP) is 0.747. The third kappa shape index (κ3) is 2.85. The Morgan fingerprint density at radius 1 is 1.33 bits per heavy atom. The normalized spacial score (nSPS) is 8.60. The fourth-order valence-corrected chi connectivity index (χ4v) is 1.07. The molecular formula is C11H10N2O2. The summed E-state index contributed by atoms with van der Waals surface area (Å²) >= 11 is 0. The molecule has 15 heavy (non-hydrogen) atoms. The molecule has 3 N–H and O–H groups in total. The summed E-state index contributed by atoms with van der Waals surface area (Å²) in [5.41, 5.74) is 5.78. The molecule has 0 aliphatic heterocycles. The molecule has 0 radical (unpaired) electrons. The van der Waals surface area contributed by atoms with Crippen LogP contribution in [0.2, 0.25) is 0 Å². The van der Waals surface area contributed by atoms with Crippen LogP contribution in [0.15, 0.2) is 24.3 Å². The van der Waals surface area contributed by atoms with Crippen LogP contribution >= 0.6 is 0 Å². The number of amides is 2. The number of hydrogen-bond acceptors (Lipinski definition) is 2. The number of carbonyl (C=O) groups excluding carboxylic acids is 2. The standard InChI is InChI=1S/C11H10N2O2/c1-2-5-10(14)13-9-7-4-3-6-8(9)11(12)15/h3-4,6-7H,1H3,(H2,12,15)(H,13,14). The number of benzene rings is 1. The minimum Gasteiger partial charge on any atom is -0.366 e. The predicted molar refractivity (Wildman–Crippen MR) is 57.0 cm³/mol. The van der Waals surface area contributed by atoms with E-state index in [1.54, 1.807) is 25.1 Å². The SMILES string of the molecule is CC#CC(=O)Nc1ccccc1C(N)=O. The van der Waals surface area contributed by atoms with Crippen LogP contribution < -0.4 is 11.1 Å². The number of primary amides is 1. The average molecular weight is 202 g/mol. The molecule has 4 nitrogen and oxygen atoms in total. The van der Waals surface area contributed by atoms with Crippen molar-refractivity contribution >= 4 is 17.5 Å². The van der Waals surface area contributed by atoms with E-state index in [1.165, 1.54) is 6.07 Å². The van der Waals surface area contributed by atoms with Crippen molar-refractivity contribution < 1.29 is 9.59 Å². The monoisotopic (exact) mass is 202 g/mol.